The van der Waals surface area contributed by atoms with Gasteiger partial charge in [-0.3, -0.25) is 4.79 Å². The third kappa shape index (κ3) is 5.72. The maximum absolute atomic E-state index is 12.5. The molecule has 2 N–H and O–H groups in total. The molecule has 1 unspecified atom stereocenters. The summed E-state index contributed by atoms with van der Waals surface area (Å²) in [6, 6.07) is 16.1. The Morgan fingerprint density at radius 3 is 2.56 bits per heavy atom. The molecule has 136 valence electrons. The predicted octanol–water partition coefficient (Wildman–Crippen LogP) is 3.24. The van der Waals surface area contributed by atoms with Crippen LogP contribution in [0.4, 0.5) is 5.69 Å². The molecule has 0 aromatic heterocycles. The highest BCUT2D eigenvalue weighted by Crippen LogP contribution is 2.18. The Labute approximate surface area is 161 Å². The summed E-state index contributed by atoms with van der Waals surface area (Å²) in [5.41, 5.74) is 4.59. The number of hydrogen-bond acceptors (Lipinski definition) is 3. The van der Waals surface area contributed by atoms with Gasteiger partial charge in [-0.05, 0) is 49.3 Å². The van der Waals surface area contributed by atoms with Gasteiger partial charge in [0.2, 0.25) is 5.91 Å². The first-order chi connectivity index (χ1) is 11.1. The minimum absolute atomic E-state index is 0. The summed E-state index contributed by atoms with van der Waals surface area (Å²) in [5.74, 6) is 0.0292. The summed E-state index contributed by atoms with van der Waals surface area (Å²) in [5, 5.41) is 6.36. The fourth-order valence-electron chi connectivity index (χ4n) is 2.98. The van der Waals surface area contributed by atoms with Crippen molar-refractivity contribution in [2.75, 3.05) is 19.4 Å². The number of carbonyl (C=O) groups is 1. The van der Waals surface area contributed by atoms with Gasteiger partial charge < -0.3 is 15.5 Å². The Morgan fingerprint density at radius 1 is 1.12 bits per heavy atom. The zero-order valence-corrected chi connectivity index (χ0v) is 16.1. The fraction of sp³-hybridized carbons (Fsp3) is 0.316. The third-order valence-electron chi connectivity index (χ3n) is 4.09. The average Bonchev–Trinajstić information content (AvgIpc) is 2.54. The van der Waals surface area contributed by atoms with E-state index in [0.29, 0.717) is 0 Å². The van der Waals surface area contributed by atoms with Crippen LogP contribution in [-0.2, 0) is 24.3 Å². The zero-order chi connectivity index (χ0) is 16.2. The normalized spacial score (nSPS) is 15.6. The fourth-order valence-corrected chi connectivity index (χ4v) is 2.98. The highest BCUT2D eigenvalue weighted by Gasteiger charge is 2.23. The summed E-state index contributed by atoms with van der Waals surface area (Å²) >= 11 is 0. The van der Waals surface area contributed by atoms with Crippen LogP contribution in [0.1, 0.15) is 16.7 Å². The summed E-state index contributed by atoms with van der Waals surface area (Å²) in [6.07, 6.45) is 0.736. The van der Waals surface area contributed by atoms with Crippen molar-refractivity contribution >= 4 is 36.4 Å². The van der Waals surface area contributed by atoms with E-state index in [1.165, 1.54) is 16.7 Å². The Hall–Kier alpha value is -1.59. The van der Waals surface area contributed by atoms with Crippen molar-refractivity contribution in [3.63, 3.8) is 0 Å². The number of nitrogens with one attached hydrogen (secondary N) is 2. The van der Waals surface area contributed by atoms with Gasteiger partial charge in [0.25, 0.3) is 0 Å². The first-order valence-electron chi connectivity index (χ1n) is 7.96. The molecule has 0 aliphatic carbocycles. The van der Waals surface area contributed by atoms with Crippen molar-refractivity contribution in [2.24, 2.45) is 0 Å². The van der Waals surface area contributed by atoms with Gasteiger partial charge in [0.15, 0.2) is 0 Å². The van der Waals surface area contributed by atoms with Crippen molar-refractivity contribution in [3.8, 4) is 0 Å². The highest BCUT2D eigenvalue weighted by atomic mass is 35.5. The molecule has 0 spiro atoms. The highest BCUT2D eigenvalue weighted by molar-refractivity contribution is 5.95. The number of anilines is 1. The third-order valence-corrected chi connectivity index (χ3v) is 4.09. The van der Waals surface area contributed by atoms with E-state index < -0.39 is 0 Å². The SMILES string of the molecule is CN(C)Cc1cccc(NC(=O)C2Cc3ccccc3CN2)c1.Cl.Cl. The number of hydrogen-bond donors (Lipinski definition) is 2. The molecule has 1 heterocycles. The first kappa shape index (κ1) is 21.5. The summed E-state index contributed by atoms with van der Waals surface area (Å²) < 4.78 is 0. The molecule has 1 aliphatic rings. The lowest BCUT2D eigenvalue weighted by molar-refractivity contribution is -0.118. The smallest absolute Gasteiger partial charge is 0.241 e. The molecule has 1 atom stereocenters. The molecule has 3 rings (SSSR count). The molecule has 1 amide bonds. The van der Waals surface area contributed by atoms with Crippen LogP contribution in [0.5, 0.6) is 0 Å². The van der Waals surface area contributed by atoms with Crippen LogP contribution in [0.3, 0.4) is 0 Å². The van der Waals surface area contributed by atoms with E-state index >= 15 is 0 Å². The Kier molecular flexibility index (Phi) is 8.39. The largest absolute Gasteiger partial charge is 0.325 e. The molecule has 1 aliphatic heterocycles. The van der Waals surface area contributed by atoms with E-state index in [0.717, 1.165) is 25.2 Å². The van der Waals surface area contributed by atoms with Crippen LogP contribution < -0.4 is 10.6 Å². The average molecular weight is 382 g/mol. The first-order valence-corrected chi connectivity index (χ1v) is 7.96. The lowest BCUT2D eigenvalue weighted by Crippen LogP contribution is -2.44. The second kappa shape index (κ2) is 9.78. The topological polar surface area (TPSA) is 44.4 Å². The number of fused-ring (bicyclic) bond motifs is 1. The Morgan fingerprint density at radius 2 is 1.84 bits per heavy atom. The number of carbonyl (C=O) groups excluding carboxylic acids is 1. The number of amides is 1. The van der Waals surface area contributed by atoms with E-state index in [-0.39, 0.29) is 36.8 Å². The molecule has 0 saturated heterocycles. The number of rotatable bonds is 4. The molecular formula is C19H25Cl2N3O. The molecule has 0 bridgehead atoms. The van der Waals surface area contributed by atoms with Gasteiger partial charge in [0, 0.05) is 18.8 Å². The molecule has 2 aromatic rings. The molecule has 0 saturated carbocycles. The lowest BCUT2D eigenvalue weighted by atomic mass is 9.95. The van der Waals surface area contributed by atoms with Crippen molar-refractivity contribution < 1.29 is 4.79 Å². The van der Waals surface area contributed by atoms with Crippen molar-refractivity contribution in [1.29, 1.82) is 0 Å². The van der Waals surface area contributed by atoms with Crippen LogP contribution in [0, 0.1) is 0 Å². The summed E-state index contributed by atoms with van der Waals surface area (Å²) in [7, 11) is 4.07. The van der Waals surface area contributed by atoms with E-state index in [1.54, 1.807) is 0 Å². The Balaban J connectivity index is 0.00000156. The molecular weight excluding hydrogens is 357 g/mol. The number of benzene rings is 2. The van der Waals surface area contributed by atoms with Gasteiger partial charge in [0.1, 0.15) is 0 Å². The van der Waals surface area contributed by atoms with E-state index in [4.69, 9.17) is 0 Å². The van der Waals surface area contributed by atoms with Crippen molar-refractivity contribution in [2.45, 2.75) is 25.6 Å². The van der Waals surface area contributed by atoms with Gasteiger partial charge in [-0.25, -0.2) is 0 Å². The van der Waals surface area contributed by atoms with E-state index in [2.05, 4.69) is 33.7 Å². The maximum atomic E-state index is 12.5. The van der Waals surface area contributed by atoms with E-state index in [9.17, 15) is 4.79 Å². The summed E-state index contributed by atoms with van der Waals surface area (Å²) in [6.45, 7) is 1.60. The molecule has 0 radical (unpaired) electrons. The van der Waals surface area contributed by atoms with Gasteiger partial charge in [-0.1, -0.05) is 36.4 Å². The standard InChI is InChI=1S/C19H23N3O.2ClH/c1-22(2)13-14-6-5-9-17(10-14)21-19(23)18-11-15-7-3-4-8-16(15)12-20-18;;/h3-10,18,20H,11-13H2,1-2H3,(H,21,23);2*1H. The van der Waals surface area contributed by atoms with E-state index in [1.807, 2.05) is 44.4 Å². The van der Waals surface area contributed by atoms with Gasteiger partial charge >= 0.3 is 0 Å². The number of nitrogens with zero attached hydrogens (tertiary/aromatic N) is 1. The minimum atomic E-state index is -0.178. The van der Waals surface area contributed by atoms with Crippen molar-refractivity contribution in [1.82, 2.24) is 10.2 Å². The maximum Gasteiger partial charge on any atom is 0.241 e. The van der Waals surface area contributed by atoms with Gasteiger partial charge in [0.05, 0.1) is 6.04 Å². The quantitative estimate of drug-likeness (QED) is 0.854. The molecule has 4 nitrogen and oxygen atoms in total. The zero-order valence-electron chi connectivity index (χ0n) is 14.5. The molecule has 6 heteroatoms. The molecule has 0 fully saturated rings. The summed E-state index contributed by atoms with van der Waals surface area (Å²) in [4.78, 5) is 14.6. The second-order valence-corrected chi connectivity index (χ2v) is 6.33. The minimum Gasteiger partial charge on any atom is -0.325 e. The monoisotopic (exact) mass is 381 g/mol. The lowest BCUT2D eigenvalue weighted by Gasteiger charge is -2.25. The van der Waals surface area contributed by atoms with Crippen LogP contribution in [-0.4, -0.2) is 30.9 Å². The Bertz CT molecular complexity index is 707. The van der Waals surface area contributed by atoms with Crippen LogP contribution >= 0.6 is 24.8 Å². The molecule has 2 aromatic carbocycles. The van der Waals surface area contributed by atoms with Gasteiger partial charge in [-0.2, -0.15) is 0 Å². The van der Waals surface area contributed by atoms with Crippen LogP contribution in [0.2, 0.25) is 0 Å². The predicted molar refractivity (Wildman–Crippen MR) is 108 cm³/mol. The van der Waals surface area contributed by atoms with Crippen molar-refractivity contribution in [3.05, 3.63) is 65.2 Å². The van der Waals surface area contributed by atoms with Crippen LogP contribution in [0.25, 0.3) is 0 Å². The van der Waals surface area contributed by atoms with Crippen LogP contribution in [0.15, 0.2) is 48.5 Å². The number of halogens is 2. The molecule has 25 heavy (non-hydrogen) atoms. The van der Waals surface area contributed by atoms with Gasteiger partial charge in [-0.15, -0.1) is 24.8 Å². The second-order valence-electron chi connectivity index (χ2n) is 6.33.